The summed E-state index contributed by atoms with van der Waals surface area (Å²) in [6.45, 7) is 4.27. The van der Waals surface area contributed by atoms with Gasteiger partial charge >= 0.3 is 0 Å². The van der Waals surface area contributed by atoms with Crippen LogP contribution >= 0.6 is 11.6 Å². The first-order valence-corrected chi connectivity index (χ1v) is 10.6. The van der Waals surface area contributed by atoms with Crippen molar-refractivity contribution in [2.75, 3.05) is 37.4 Å². The molecule has 2 rings (SSSR count). The van der Waals surface area contributed by atoms with Crippen molar-refractivity contribution in [1.82, 2.24) is 4.31 Å². The third-order valence-corrected chi connectivity index (χ3v) is 6.34. The Bertz CT molecular complexity index is 931. The second-order valence-corrected chi connectivity index (χ2v) is 8.24. The number of benzene rings is 2. The fourth-order valence-corrected chi connectivity index (χ4v) is 4.32. The summed E-state index contributed by atoms with van der Waals surface area (Å²) < 4.78 is 31.8. The quantitative estimate of drug-likeness (QED) is 0.642. The Kier molecular flexibility index (Phi) is 7.68. The minimum absolute atomic E-state index is 0.0380. The van der Waals surface area contributed by atoms with Crippen LogP contribution < -0.4 is 15.4 Å². The van der Waals surface area contributed by atoms with Gasteiger partial charge in [0, 0.05) is 23.8 Å². The predicted octanol–water partition coefficient (Wildman–Crippen LogP) is 3.43. The molecule has 2 aromatic rings. The molecule has 0 aliphatic carbocycles. The van der Waals surface area contributed by atoms with Crippen molar-refractivity contribution in [3.8, 4) is 5.75 Å². The van der Waals surface area contributed by atoms with Gasteiger partial charge in [-0.05, 0) is 36.4 Å². The highest BCUT2D eigenvalue weighted by molar-refractivity contribution is 7.89. The molecule has 7 nitrogen and oxygen atoms in total. The smallest absolute Gasteiger partial charge is 0.243 e. The molecule has 2 N–H and O–H groups in total. The van der Waals surface area contributed by atoms with E-state index in [-0.39, 0.29) is 17.3 Å². The number of amides is 1. The molecule has 0 spiro atoms. The summed E-state index contributed by atoms with van der Waals surface area (Å²) in [5, 5.41) is 6.16. The van der Waals surface area contributed by atoms with Crippen LogP contribution in [0.2, 0.25) is 5.02 Å². The van der Waals surface area contributed by atoms with Crippen LogP contribution in [0.4, 0.5) is 11.4 Å². The maximum atomic E-state index is 12.6. The molecule has 1 amide bonds. The predicted molar refractivity (Wildman–Crippen MR) is 112 cm³/mol. The maximum absolute atomic E-state index is 12.6. The van der Waals surface area contributed by atoms with E-state index in [1.807, 2.05) is 0 Å². The van der Waals surface area contributed by atoms with Crippen molar-refractivity contribution in [2.24, 2.45) is 0 Å². The number of methoxy groups -OCH3 is 1. The van der Waals surface area contributed by atoms with Crippen molar-refractivity contribution >= 4 is 38.9 Å². The molecule has 152 valence electrons. The van der Waals surface area contributed by atoms with Crippen molar-refractivity contribution in [3.63, 3.8) is 0 Å². The Morgan fingerprint density at radius 1 is 1.14 bits per heavy atom. The van der Waals surface area contributed by atoms with Crippen molar-refractivity contribution < 1.29 is 17.9 Å². The van der Waals surface area contributed by atoms with E-state index in [0.29, 0.717) is 35.2 Å². The zero-order valence-electron chi connectivity index (χ0n) is 16.0. The van der Waals surface area contributed by atoms with E-state index in [2.05, 4.69) is 10.6 Å². The van der Waals surface area contributed by atoms with Gasteiger partial charge in [-0.1, -0.05) is 31.5 Å². The highest BCUT2D eigenvalue weighted by atomic mass is 35.5. The fourth-order valence-electron chi connectivity index (χ4n) is 2.65. The molecule has 0 saturated heterocycles. The first-order valence-electron chi connectivity index (χ1n) is 8.79. The second kappa shape index (κ2) is 9.77. The van der Waals surface area contributed by atoms with Crippen LogP contribution in [-0.2, 0) is 14.8 Å². The lowest BCUT2D eigenvalue weighted by Gasteiger charge is -2.19. The van der Waals surface area contributed by atoms with Crippen molar-refractivity contribution in [3.05, 3.63) is 47.5 Å². The number of hydrogen-bond acceptors (Lipinski definition) is 5. The molecular formula is C19H24ClN3O4S. The van der Waals surface area contributed by atoms with E-state index in [1.54, 1.807) is 44.2 Å². The monoisotopic (exact) mass is 425 g/mol. The second-order valence-electron chi connectivity index (χ2n) is 5.86. The Balaban J connectivity index is 2.08. The number of carbonyl (C=O) groups excluding carboxylic acids is 1. The van der Waals surface area contributed by atoms with Gasteiger partial charge in [0.05, 0.1) is 24.2 Å². The summed E-state index contributed by atoms with van der Waals surface area (Å²) in [7, 11) is -2.07. The summed E-state index contributed by atoms with van der Waals surface area (Å²) in [5.41, 5.74) is 0.987. The molecule has 28 heavy (non-hydrogen) atoms. The van der Waals surface area contributed by atoms with Gasteiger partial charge in [0.15, 0.2) is 0 Å². The molecule has 9 heteroatoms. The number of carbonyl (C=O) groups is 1. The number of sulfonamides is 1. The Morgan fingerprint density at radius 3 is 2.50 bits per heavy atom. The van der Waals surface area contributed by atoms with Gasteiger partial charge in [-0.25, -0.2) is 8.42 Å². The summed E-state index contributed by atoms with van der Waals surface area (Å²) >= 11 is 5.97. The Morgan fingerprint density at radius 2 is 1.86 bits per heavy atom. The molecule has 0 aliphatic heterocycles. The third kappa shape index (κ3) is 5.37. The number of hydrogen-bond donors (Lipinski definition) is 2. The Hall–Kier alpha value is -2.29. The summed E-state index contributed by atoms with van der Waals surface area (Å²) in [6, 6.07) is 11.2. The highest BCUT2D eigenvalue weighted by Gasteiger charge is 2.21. The van der Waals surface area contributed by atoms with E-state index in [1.165, 1.54) is 23.5 Å². The molecule has 0 aromatic heterocycles. The topological polar surface area (TPSA) is 87.7 Å². The fraction of sp³-hybridized carbons (Fsp3) is 0.316. The molecule has 0 bridgehead atoms. The SMILES string of the molecule is CCN(CC)S(=O)(=O)c1cccc(NC(=O)CNc2cc(Cl)ccc2OC)c1. The average molecular weight is 426 g/mol. The summed E-state index contributed by atoms with van der Waals surface area (Å²) in [4.78, 5) is 12.4. The first-order chi connectivity index (χ1) is 13.3. The van der Waals surface area contributed by atoms with Crippen LogP contribution in [0.1, 0.15) is 13.8 Å². The molecular weight excluding hydrogens is 402 g/mol. The minimum Gasteiger partial charge on any atom is -0.495 e. The number of nitrogens with one attached hydrogen (secondary N) is 2. The number of halogens is 1. The molecule has 0 fully saturated rings. The lowest BCUT2D eigenvalue weighted by atomic mass is 10.3. The molecule has 2 aromatic carbocycles. The van der Waals surface area contributed by atoms with Gasteiger partial charge in [0.1, 0.15) is 5.75 Å². The van der Waals surface area contributed by atoms with Crippen LogP contribution in [0, 0.1) is 0 Å². The maximum Gasteiger partial charge on any atom is 0.243 e. The minimum atomic E-state index is -3.59. The van der Waals surface area contributed by atoms with E-state index in [4.69, 9.17) is 16.3 Å². The van der Waals surface area contributed by atoms with Gasteiger partial charge in [0.25, 0.3) is 0 Å². The molecule has 0 saturated carbocycles. The van der Waals surface area contributed by atoms with Crippen molar-refractivity contribution in [2.45, 2.75) is 18.7 Å². The third-order valence-electron chi connectivity index (χ3n) is 4.06. The van der Waals surface area contributed by atoms with Crippen LogP contribution in [0.3, 0.4) is 0 Å². The van der Waals surface area contributed by atoms with Gasteiger partial charge < -0.3 is 15.4 Å². The number of rotatable bonds is 9. The summed E-state index contributed by atoms with van der Waals surface area (Å²) in [5.74, 6) is 0.226. The van der Waals surface area contributed by atoms with Gasteiger partial charge in [-0.15, -0.1) is 0 Å². The lowest BCUT2D eigenvalue weighted by molar-refractivity contribution is -0.114. The number of anilines is 2. The standard InChI is InChI=1S/C19H24ClN3O4S/c1-4-23(5-2)28(25,26)16-8-6-7-15(12-16)22-19(24)13-21-17-11-14(20)9-10-18(17)27-3/h6-12,21H,4-5,13H2,1-3H3,(H,22,24). The van der Waals surface area contributed by atoms with E-state index in [0.717, 1.165) is 0 Å². The van der Waals surface area contributed by atoms with Gasteiger partial charge in [-0.3, -0.25) is 4.79 Å². The molecule has 0 atom stereocenters. The van der Waals surface area contributed by atoms with E-state index in [9.17, 15) is 13.2 Å². The van der Waals surface area contributed by atoms with Crippen LogP contribution in [-0.4, -0.2) is 45.4 Å². The van der Waals surface area contributed by atoms with Crippen molar-refractivity contribution in [1.29, 1.82) is 0 Å². The molecule has 0 heterocycles. The molecule has 0 unspecified atom stereocenters. The lowest BCUT2D eigenvalue weighted by Crippen LogP contribution is -2.30. The van der Waals surface area contributed by atoms with Crippen LogP contribution in [0.15, 0.2) is 47.4 Å². The largest absolute Gasteiger partial charge is 0.495 e. The average Bonchev–Trinajstić information content (AvgIpc) is 2.67. The molecule has 0 aliphatic rings. The van der Waals surface area contributed by atoms with Crippen LogP contribution in [0.25, 0.3) is 0 Å². The normalized spacial score (nSPS) is 11.3. The highest BCUT2D eigenvalue weighted by Crippen LogP contribution is 2.27. The van der Waals surface area contributed by atoms with E-state index >= 15 is 0 Å². The first kappa shape index (κ1) is 22.0. The summed E-state index contributed by atoms with van der Waals surface area (Å²) in [6.07, 6.45) is 0. The molecule has 0 radical (unpaired) electrons. The van der Waals surface area contributed by atoms with Gasteiger partial charge in [-0.2, -0.15) is 4.31 Å². The number of nitrogens with zero attached hydrogens (tertiary/aromatic N) is 1. The Labute approximate surface area is 170 Å². The van der Waals surface area contributed by atoms with Gasteiger partial charge in [0.2, 0.25) is 15.9 Å². The van der Waals surface area contributed by atoms with Crippen LogP contribution in [0.5, 0.6) is 5.75 Å². The number of ether oxygens (including phenoxy) is 1. The van der Waals surface area contributed by atoms with E-state index < -0.39 is 10.0 Å². The zero-order valence-corrected chi connectivity index (χ0v) is 17.6. The zero-order chi connectivity index (χ0) is 20.7.